The van der Waals surface area contributed by atoms with Crippen molar-refractivity contribution in [2.45, 2.75) is 0 Å². The Labute approximate surface area is 99.0 Å². The van der Waals surface area contributed by atoms with Gasteiger partial charge in [0.25, 0.3) is 5.91 Å². The maximum absolute atomic E-state index is 11.4. The molecule has 1 aromatic carbocycles. The number of rotatable bonds is 4. The van der Waals surface area contributed by atoms with Crippen LogP contribution in [0.25, 0.3) is 0 Å². The molecule has 0 heterocycles. The monoisotopic (exact) mass is 238 g/mol. The summed E-state index contributed by atoms with van der Waals surface area (Å²) in [6.07, 6.45) is 0. The summed E-state index contributed by atoms with van der Waals surface area (Å²) < 4.78 is 5.23. The molecule has 0 atom stereocenters. The van der Waals surface area contributed by atoms with Gasteiger partial charge in [-0.25, -0.2) is 0 Å². The van der Waals surface area contributed by atoms with Crippen LogP contribution >= 0.6 is 11.6 Å². The predicted octanol–water partition coefficient (Wildman–Crippen LogP) is 1.70. The number of nitriles is 1. The van der Waals surface area contributed by atoms with Gasteiger partial charge < -0.3 is 9.64 Å². The van der Waals surface area contributed by atoms with Crippen molar-refractivity contribution >= 4 is 17.5 Å². The first-order valence-electron chi connectivity index (χ1n) is 4.63. The number of likely N-dealkylation sites (N-methyl/N-ethyl adjacent to an activating group) is 1. The molecule has 0 saturated carbocycles. The number of nitrogens with zero attached hydrogens (tertiary/aromatic N) is 2. The average Bonchev–Trinajstić information content (AvgIpc) is 2.26. The third kappa shape index (κ3) is 3.79. The Balaban J connectivity index is 2.46. The molecule has 1 amide bonds. The zero-order valence-corrected chi connectivity index (χ0v) is 9.57. The summed E-state index contributed by atoms with van der Waals surface area (Å²) in [6, 6.07) is 8.68. The molecule has 1 aromatic rings. The normalized spacial score (nSPS) is 9.31. The van der Waals surface area contributed by atoms with Crippen molar-refractivity contribution in [1.82, 2.24) is 4.90 Å². The summed E-state index contributed by atoms with van der Waals surface area (Å²) in [6.45, 7) is -0.0454. The fraction of sp³-hybridized carbons (Fsp3) is 0.273. The first kappa shape index (κ1) is 12.3. The second-order valence-electron chi connectivity index (χ2n) is 3.15. The number of amides is 1. The fourth-order valence-corrected chi connectivity index (χ4v) is 1.19. The van der Waals surface area contributed by atoms with Crippen molar-refractivity contribution in [2.75, 3.05) is 20.2 Å². The standard InChI is InChI=1S/C11H11ClN2O2/c1-14(6-5-13)11(15)8-16-10-4-2-3-9(12)7-10/h2-4,7H,6,8H2,1H3. The number of carbonyl (C=O) groups excluding carboxylic acids is 1. The molecule has 0 aliphatic heterocycles. The predicted molar refractivity (Wildman–Crippen MR) is 60.2 cm³/mol. The van der Waals surface area contributed by atoms with Crippen LogP contribution in [-0.4, -0.2) is 31.0 Å². The summed E-state index contributed by atoms with van der Waals surface area (Å²) in [5, 5.41) is 8.96. The number of carbonyl (C=O) groups is 1. The fourth-order valence-electron chi connectivity index (χ4n) is 1.01. The molecule has 84 valence electrons. The van der Waals surface area contributed by atoms with Gasteiger partial charge in [-0.1, -0.05) is 17.7 Å². The van der Waals surface area contributed by atoms with Gasteiger partial charge in [-0.3, -0.25) is 4.79 Å². The van der Waals surface area contributed by atoms with E-state index in [4.69, 9.17) is 21.6 Å². The molecule has 0 aliphatic rings. The van der Waals surface area contributed by atoms with Gasteiger partial charge in [0, 0.05) is 12.1 Å². The third-order valence-electron chi connectivity index (χ3n) is 1.89. The summed E-state index contributed by atoms with van der Waals surface area (Å²) in [5.41, 5.74) is 0. The Hall–Kier alpha value is -1.73. The Morgan fingerprint density at radius 2 is 2.38 bits per heavy atom. The molecular weight excluding hydrogens is 228 g/mol. The molecule has 16 heavy (non-hydrogen) atoms. The lowest BCUT2D eigenvalue weighted by molar-refractivity contribution is -0.131. The van der Waals surface area contributed by atoms with Crippen LogP contribution in [0.4, 0.5) is 0 Å². The van der Waals surface area contributed by atoms with Crippen LogP contribution in [0.5, 0.6) is 5.75 Å². The average molecular weight is 239 g/mol. The summed E-state index contributed by atoms with van der Waals surface area (Å²) >= 11 is 5.75. The number of benzene rings is 1. The van der Waals surface area contributed by atoms with Crippen LogP contribution in [0, 0.1) is 11.3 Å². The summed E-state index contributed by atoms with van der Waals surface area (Å²) in [5.74, 6) is 0.285. The van der Waals surface area contributed by atoms with E-state index in [0.717, 1.165) is 0 Å². The molecule has 0 aliphatic carbocycles. The number of hydrogen-bond acceptors (Lipinski definition) is 3. The molecule has 0 N–H and O–H groups in total. The van der Waals surface area contributed by atoms with E-state index in [1.165, 1.54) is 4.90 Å². The van der Waals surface area contributed by atoms with Gasteiger partial charge >= 0.3 is 0 Å². The minimum atomic E-state index is -0.249. The van der Waals surface area contributed by atoms with E-state index < -0.39 is 0 Å². The van der Waals surface area contributed by atoms with E-state index in [9.17, 15) is 4.79 Å². The number of hydrogen-bond donors (Lipinski definition) is 0. The zero-order chi connectivity index (χ0) is 12.0. The molecule has 0 fully saturated rings. The highest BCUT2D eigenvalue weighted by molar-refractivity contribution is 6.30. The molecule has 0 saturated heterocycles. The molecule has 4 nitrogen and oxygen atoms in total. The first-order valence-corrected chi connectivity index (χ1v) is 5.00. The molecule has 0 aromatic heterocycles. The van der Waals surface area contributed by atoms with E-state index in [0.29, 0.717) is 10.8 Å². The van der Waals surface area contributed by atoms with Crippen LogP contribution in [0.1, 0.15) is 0 Å². The molecule has 5 heteroatoms. The van der Waals surface area contributed by atoms with Crippen LogP contribution in [0.15, 0.2) is 24.3 Å². The van der Waals surface area contributed by atoms with Gasteiger partial charge in [0.1, 0.15) is 12.3 Å². The van der Waals surface area contributed by atoms with E-state index in [1.807, 2.05) is 6.07 Å². The topological polar surface area (TPSA) is 53.3 Å². The summed E-state index contributed by atoms with van der Waals surface area (Å²) in [7, 11) is 1.55. The number of halogens is 1. The smallest absolute Gasteiger partial charge is 0.261 e. The van der Waals surface area contributed by atoms with Gasteiger partial charge in [-0.05, 0) is 18.2 Å². The molecule has 1 rings (SSSR count). The van der Waals surface area contributed by atoms with Crippen LogP contribution in [0.3, 0.4) is 0 Å². The molecule has 0 unspecified atom stereocenters. The first-order chi connectivity index (χ1) is 7.63. The van der Waals surface area contributed by atoms with Gasteiger partial charge in [-0.15, -0.1) is 0 Å². The van der Waals surface area contributed by atoms with Crippen molar-refractivity contribution < 1.29 is 9.53 Å². The Kier molecular flexibility index (Phi) is 4.62. The second-order valence-corrected chi connectivity index (χ2v) is 3.59. The third-order valence-corrected chi connectivity index (χ3v) is 2.13. The van der Waals surface area contributed by atoms with Crippen molar-refractivity contribution in [3.05, 3.63) is 29.3 Å². The lowest BCUT2D eigenvalue weighted by Crippen LogP contribution is -2.31. The minimum absolute atomic E-state index is 0.0533. The van der Waals surface area contributed by atoms with Gasteiger partial charge in [-0.2, -0.15) is 5.26 Å². The van der Waals surface area contributed by atoms with Crippen molar-refractivity contribution in [3.63, 3.8) is 0 Å². The van der Waals surface area contributed by atoms with E-state index >= 15 is 0 Å². The van der Waals surface area contributed by atoms with Gasteiger partial charge in [0.05, 0.1) is 6.07 Å². The van der Waals surface area contributed by atoms with Crippen molar-refractivity contribution in [2.24, 2.45) is 0 Å². The van der Waals surface area contributed by atoms with Crippen LogP contribution in [0.2, 0.25) is 5.02 Å². The second kappa shape index (κ2) is 5.99. The van der Waals surface area contributed by atoms with Gasteiger partial charge in [0.15, 0.2) is 6.61 Å². The maximum Gasteiger partial charge on any atom is 0.261 e. The highest BCUT2D eigenvalue weighted by Crippen LogP contribution is 2.16. The van der Waals surface area contributed by atoms with Crippen LogP contribution in [-0.2, 0) is 4.79 Å². The lowest BCUT2D eigenvalue weighted by Gasteiger charge is -2.13. The Bertz CT molecular complexity index is 415. The molecule has 0 spiro atoms. The summed E-state index contributed by atoms with van der Waals surface area (Å²) in [4.78, 5) is 12.7. The highest BCUT2D eigenvalue weighted by Gasteiger charge is 2.08. The van der Waals surface area contributed by atoms with E-state index in [-0.39, 0.29) is 19.1 Å². The highest BCUT2D eigenvalue weighted by atomic mass is 35.5. The lowest BCUT2D eigenvalue weighted by atomic mass is 10.3. The van der Waals surface area contributed by atoms with Crippen LogP contribution < -0.4 is 4.74 Å². The molecule has 0 radical (unpaired) electrons. The number of ether oxygens (including phenoxy) is 1. The minimum Gasteiger partial charge on any atom is -0.484 e. The zero-order valence-electron chi connectivity index (χ0n) is 8.81. The Morgan fingerprint density at radius 1 is 1.62 bits per heavy atom. The quantitative estimate of drug-likeness (QED) is 0.751. The maximum atomic E-state index is 11.4. The van der Waals surface area contributed by atoms with E-state index in [1.54, 1.807) is 31.3 Å². The van der Waals surface area contributed by atoms with Gasteiger partial charge in [0.2, 0.25) is 0 Å². The molecular formula is C11H11ClN2O2. The molecule has 0 bridgehead atoms. The van der Waals surface area contributed by atoms with E-state index in [2.05, 4.69) is 0 Å². The Morgan fingerprint density at radius 3 is 3.00 bits per heavy atom. The van der Waals surface area contributed by atoms with Crippen molar-refractivity contribution in [3.8, 4) is 11.8 Å². The van der Waals surface area contributed by atoms with Crippen molar-refractivity contribution in [1.29, 1.82) is 5.26 Å². The SMILES string of the molecule is CN(CC#N)C(=O)COc1cccc(Cl)c1. The largest absolute Gasteiger partial charge is 0.484 e.